The van der Waals surface area contributed by atoms with E-state index in [2.05, 4.69) is 15.3 Å². The molecule has 1 aromatic carbocycles. The van der Waals surface area contributed by atoms with Crippen LogP contribution < -0.4 is 11.1 Å². The third kappa shape index (κ3) is 3.39. The molecule has 1 atom stereocenters. The maximum absolute atomic E-state index is 14.1. The Morgan fingerprint density at radius 3 is 2.77 bits per heavy atom. The number of nitrogens with two attached hydrogens (primary N) is 1. The van der Waals surface area contributed by atoms with Crippen LogP contribution >= 0.6 is 0 Å². The molecule has 0 saturated carbocycles. The minimum Gasteiger partial charge on any atom is -0.448 e. The molecule has 3 N–H and O–H groups in total. The standard InChI is InChI=1S/C16H14F4N4O2/c1-7-22-11(6-26-7)15(25)23-8-4-9(13(18)10(17)5-8)14-16(19,20)3-2-12(21)24-14/h4-6,14H,2-3H2,1H3,(H2,21,24)(H,23,25). The number of carbonyl (C=O) groups is 1. The van der Waals surface area contributed by atoms with Crippen LogP contribution in [0, 0.1) is 18.6 Å². The first-order valence-electron chi connectivity index (χ1n) is 7.60. The number of benzene rings is 1. The lowest BCUT2D eigenvalue weighted by Crippen LogP contribution is -2.34. The average molecular weight is 370 g/mol. The predicted molar refractivity (Wildman–Crippen MR) is 84.1 cm³/mol. The lowest BCUT2D eigenvalue weighted by Gasteiger charge is -2.29. The van der Waals surface area contributed by atoms with E-state index in [0.717, 1.165) is 12.3 Å². The number of halogens is 4. The molecule has 1 aliphatic rings. The third-order valence-corrected chi connectivity index (χ3v) is 3.87. The fourth-order valence-corrected chi connectivity index (χ4v) is 2.60. The maximum Gasteiger partial charge on any atom is 0.277 e. The summed E-state index contributed by atoms with van der Waals surface area (Å²) in [6, 6.07) is -0.390. The van der Waals surface area contributed by atoms with Crippen LogP contribution in [0.4, 0.5) is 23.2 Å². The largest absolute Gasteiger partial charge is 0.448 e. The second-order valence-electron chi connectivity index (χ2n) is 5.85. The van der Waals surface area contributed by atoms with E-state index < -0.39 is 41.5 Å². The summed E-state index contributed by atoms with van der Waals surface area (Å²) in [4.78, 5) is 19.4. The van der Waals surface area contributed by atoms with Gasteiger partial charge in [-0.05, 0) is 6.07 Å². The molecular formula is C16H14F4N4O2. The fourth-order valence-electron chi connectivity index (χ4n) is 2.60. The molecule has 0 saturated heterocycles. The van der Waals surface area contributed by atoms with E-state index in [-0.39, 0.29) is 29.5 Å². The molecule has 1 aromatic heterocycles. The van der Waals surface area contributed by atoms with Crippen LogP contribution in [0.5, 0.6) is 0 Å². The van der Waals surface area contributed by atoms with Gasteiger partial charge in [-0.25, -0.2) is 22.5 Å². The molecule has 0 bridgehead atoms. The molecule has 0 aliphatic carbocycles. The Morgan fingerprint density at radius 2 is 2.12 bits per heavy atom. The molecule has 2 aromatic rings. The number of aryl methyl sites for hydroxylation is 1. The lowest BCUT2D eigenvalue weighted by atomic mass is 9.93. The summed E-state index contributed by atoms with van der Waals surface area (Å²) >= 11 is 0. The summed E-state index contributed by atoms with van der Waals surface area (Å²) in [5, 5.41) is 2.26. The average Bonchev–Trinajstić information content (AvgIpc) is 3.00. The van der Waals surface area contributed by atoms with Gasteiger partial charge in [0.1, 0.15) is 12.3 Å². The molecule has 0 radical (unpaired) electrons. The van der Waals surface area contributed by atoms with Crippen LogP contribution in [0.2, 0.25) is 0 Å². The Morgan fingerprint density at radius 1 is 1.38 bits per heavy atom. The molecular weight excluding hydrogens is 356 g/mol. The number of alkyl halides is 2. The van der Waals surface area contributed by atoms with E-state index in [1.807, 2.05) is 0 Å². The number of hydrogen-bond acceptors (Lipinski definition) is 5. The van der Waals surface area contributed by atoms with E-state index in [1.54, 1.807) is 0 Å². The van der Waals surface area contributed by atoms with E-state index in [1.165, 1.54) is 6.92 Å². The van der Waals surface area contributed by atoms with Crippen molar-refractivity contribution in [3.63, 3.8) is 0 Å². The normalized spacial score (nSPS) is 19.1. The first kappa shape index (κ1) is 17.9. The maximum atomic E-state index is 14.1. The summed E-state index contributed by atoms with van der Waals surface area (Å²) < 4.78 is 61.2. The number of amides is 1. The van der Waals surface area contributed by atoms with Crippen LogP contribution in [0.1, 0.15) is 40.8 Å². The van der Waals surface area contributed by atoms with Crippen molar-refractivity contribution < 1.29 is 26.8 Å². The molecule has 6 nitrogen and oxygen atoms in total. The topological polar surface area (TPSA) is 93.5 Å². The van der Waals surface area contributed by atoms with Crippen molar-refractivity contribution in [3.8, 4) is 0 Å². The zero-order valence-corrected chi connectivity index (χ0v) is 13.5. The number of oxazole rings is 1. The Balaban J connectivity index is 1.97. The summed E-state index contributed by atoms with van der Waals surface area (Å²) in [6.45, 7) is 1.51. The zero-order chi connectivity index (χ0) is 19.1. The van der Waals surface area contributed by atoms with Gasteiger partial charge in [0.25, 0.3) is 11.8 Å². The highest BCUT2D eigenvalue weighted by Gasteiger charge is 2.44. The summed E-state index contributed by atoms with van der Waals surface area (Å²) in [5.74, 6) is -6.88. The molecule has 138 valence electrons. The van der Waals surface area contributed by atoms with E-state index in [0.29, 0.717) is 6.07 Å². The molecule has 0 spiro atoms. The van der Waals surface area contributed by atoms with Crippen LogP contribution in [0.25, 0.3) is 0 Å². The highest BCUT2D eigenvalue weighted by atomic mass is 19.3. The van der Waals surface area contributed by atoms with Gasteiger partial charge in [0.05, 0.1) is 5.84 Å². The summed E-state index contributed by atoms with van der Waals surface area (Å²) in [7, 11) is 0. The van der Waals surface area contributed by atoms with Crippen LogP contribution in [-0.2, 0) is 0 Å². The van der Waals surface area contributed by atoms with E-state index >= 15 is 0 Å². The molecule has 1 aliphatic heterocycles. The number of anilines is 1. The second-order valence-corrected chi connectivity index (χ2v) is 5.85. The number of carbonyl (C=O) groups excluding carboxylic acids is 1. The minimum absolute atomic E-state index is 0.0757. The van der Waals surface area contributed by atoms with Crippen LogP contribution in [-0.4, -0.2) is 22.6 Å². The molecule has 1 amide bonds. The van der Waals surface area contributed by atoms with Gasteiger partial charge in [0, 0.05) is 37.1 Å². The Bertz CT molecular complexity index is 894. The van der Waals surface area contributed by atoms with Crippen molar-refractivity contribution in [1.29, 1.82) is 0 Å². The van der Waals surface area contributed by atoms with Crippen molar-refractivity contribution in [1.82, 2.24) is 4.98 Å². The third-order valence-electron chi connectivity index (χ3n) is 3.87. The van der Waals surface area contributed by atoms with Crippen molar-refractivity contribution in [2.45, 2.75) is 31.7 Å². The number of nitrogens with zero attached hydrogens (tertiary/aromatic N) is 2. The number of nitrogens with one attached hydrogen (secondary N) is 1. The van der Waals surface area contributed by atoms with Gasteiger partial charge in [-0.15, -0.1) is 0 Å². The molecule has 1 unspecified atom stereocenters. The number of aliphatic imine (C=N–C) groups is 1. The van der Waals surface area contributed by atoms with Gasteiger partial charge in [-0.3, -0.25) is 9.79 Å². The first-order valence-corrected chi connectivity index (χ1v) is 7.60. The minimum atomic E-state index is -3.40. The highest BCUT2D eigenvalue weighted by molar-refractivity contribution is 6.02. The van der Waals surface area contributed by atoms with Gasteiger partial charge in [0.2, 0.25) is 0 Å². The molecule has 10 heteroatoms. The molecule has 0 fully saturated rings. The Kier molecular flexibility index (Phi) is 4.43. The Hall–Kier alpha value is -2.91. The summed E-state index contributed by atoms with van der Waals surface area (Å²) in [5.41, 5.74) is 4.47. The van der Waals surface area contributed by atoms with Crippen molar-refractivity contribution in [3.05, 3.63) is 47.2 Å². The van der Waals surface area contributed by atoms with Crippen molar-refractivity contribution >= 4 is 17.4 Å². The number of amidine groups is 1. The quantitative estimate of drug-likeness (QED) is 0.811. The predicted octanol–water partition coefficient (Wildman–Crippen LogP) is 3.34. The zero-order valence-electron chi connectivity index (χ0n) is 13.5. The molecule has 26 heavy (non-hydrogen) atoms. The number of rotatable bonds is 3. The Labute approximate surface area is 145 Å². The highest BCUT2D eigenvalue weighted by Crippen LogP contribution is 2.43. The monoisotopic (exact) mass is 370 g/mol. The van der Waals surface area contributed by atoms with Crippen LogP contribution in [0.15, 0.2) is 27.8 Å². The van der Waals surface area contributed by atoms with E-state index in [9.17, 15) is 22.4 Å². The lowest BCUT2D eigenvalue weighted by molar-refractivity contribution is -0.0371. The van der Waals surface area contributed by atoms with E-state index in [4.69, 9.17) is 10.2 Å². The van der Waals surface area contributed by atoms with Crippen molar-refractivity contribution in [2.24, 2.45) is 10.7 Å². The number of hydrogen-bond donors (Lipinski definition) is 2. The molecule has 3 rings (SSSR count). The molecule has 2 heterocycles. The smallest absolute Gasteiger partial charge is 0.277 e. The second kappa shape index (κ2) is 6.43. The fraction of sp³-hybridized carbons (Fsp3) is 0.312. The number of aromatic nitrogens is 1. The van der Waals surface area contributed by atoms with Gasteiger partial charge >= 0.3 is 0 Å². The van der Waals surface area contributed by atoms with Gasteiger partial charge < -0.3 is 15.5 Å². The van der Waals surface area contributed by atoms with Crippen molar-refractivity contribution in [2.75, 3.05) is 5.32 Å². The summed E-state index contributed by atoms with van der Waals surface area (Å²) in [6.07, 6.45) is 0.296. The SMILES string of the molecule is Cc1nc(C(=O)Nc2cc(F)c(F)c(C3N=C(N)CCC3(F)F)c2)co1. The van der Waals surface area contributed by atoms with Crippen LogP contribution in [0.3, 0.4) is 0 Å². The van der Waals surface area contributed by atoms with Gasteiger partial charge in [-0.2, -0.15) is 0 Å². The first-order chi connectivity index (χ1) is 12.2. The van der Waals surface area contributed by atoms with Gasteiger partial charge in [0.15, 0.2) is 23.2 Å². The van der Waals surface area contributed by atoms with Gasteiger partial charge in [-0.1, -0.05) is 0 Å².